The van der Waals surface area contributed by atoms with Crippen LogP contribution in [0.5, 0.6) is 0 Å². The average molecular weight is 245 g/mol. The molecule has 0 atom stereocenters. The molecule has 0 spiro atoms. The molecule has 0 amide bonds. The summed E-state index contributed by atoms with van der Waals surface area (Å²) in [5, 5.41) is 0. The maximum Gasteiger partial charge on any atom is 0.128 e. The fourth-order valence-corrected chi connectivity index (χ4v) is 3.15. The maximum absolute atomic E-state index is 4.55. The molecule has 0 aliphatic carbocycles. The first-order valence-electron chi connectivity index (χ1n) is 7.22. The predicted octanol–water partition coefficient (Wildman–Crippen LogP) is 2.49. The molecule has 0 saturated carbocycles. The van der Waals surface area contributed by atoms with Crippen molar-refractivity contribution in [1.29, 1.82) is 0 Å². The zero-order chi connectivity index (χ0) is 12.4. The van der Waals surface area contributed by atoms with Gasteiger partial charge in [0.15, 0.2) is 0 Å². The van der Waals surface area contributed by atoms with Crippen molar-refractivity contribution in [2.75, 3.05) is 38.1 Å². The van der Waals surface area contributed by atoms with Crippen LogP contribution in [0.1, 0.15) is 37.2 Å². The molecule has 2 aliphatic rings. The molecule has 2 saturated heterocycles. The van der Waals surface area contributed by atoms with Gasteiger partial charge < -0.3 is 9.80 Å². The van der Waals surface area contributed by atoms with Crippen molar-refractivity contribution in [1.82, 2.24) is 9.88 Å². The van der Waals surface area contributed by atoms with E-state index in [0.29, 0.717) is 0 Å². The molecule has 3 rings (SSSR count). The zero-order valence-electron chi connectivity index (χ0n) is 11.3. The summed E-state index contributed by atoms with van der Waals surface area (Å²) in [6.45, 7) is 4.83. The lowest BCUT2D eigenvalue weighted by atomic mass is 9.90. The van der Waals surface area contributed by atoms with Crippen LogP contribution in [0.2, 0.25) is 0 Å². The second kappa shape index (κ2) is 5.27. The summed E-state index contributed by atoms with van der Waals surface area (Å²) in [5.74, 6) is 1.94. The highest BCUT2D eigenvalue weighted by molar-refractivity contribution is 5.42. The first-order valence-corrected chi connectivity index (χ1v) is 7.22. The topological polar surface area (TPSA) is 19.4 Å². The molecule has 2 fully saturated rings. The van der Waals surface area contributed by atoms with Gasteiger partial charge in [-0.05, 0) is 69.4 Å². The van der Waals surface area contributed by atoms with E-state index in [2.05, 4.69) is 34.0 Å². The molecule has 1 aromatic rings. The van der Waals surface area contributed by atoms with E-state index in [1.807, 2.05) is 6.20 Å². The van der Waals surface area contributed by atoms with Gasteiger partial charge in [-0.1, -0.05) is 0 Å². The molecule has 3 nitrogen and oxygen atoms in total. The van der Waals surface area contributed by atoms with Crippen molar-refractivity contribution in [3.05, 3.63) is 23.9 Å². The number of anilines is 1. The highest BCUT2D eigenvalue weighted by Gasteiger charge is 2.20. The fraction of sp³-hybridized carbons (Fsp3) is 0.667. The van der Waals surface area contributed by atoms with Crippen LogP contribution in [0.25, 0.3) is 0 Å². The number of piperidine rings is 1. The maximum atomic E-state index is 4.55. The van der Waals surface area contributed by atoms with Gasteiger partial charge in [0.1, 0.15) is 5.82 Å². The van der Waals surface area contributed by atoms with Crippen molar-refractivity contribution in [2.24, 2.45) is 0 Å². The Balaban J connectivity index is 1.74. The Morgan fingerprint density at radius 1 is 1.11 bits per heavy atom. The SMILES string of the molecule is CN1CCC(c2ccnc(N3CCCC3)c2)CC1. The molecule has 0 unspecified atom stereocenters. The van der Waals surface area contributed by atoms with E-state index in [9.17, 15) is 0 Å². The van der Waals surface area contributed by atoms with Gasteiger partial charge in [-0.25, -0.2) is 4.98 Å². The minimum absolute atomic E-state index is 0.741. The number of likely N-dealkylation sites (tertiary alicyclic amines) is 1. The molecule has 0 radical (unpaired) electrons. The molecule has 98 valence electrons. The van der Waals surface area contributed by atoms with Gasteiger partial charge in [0.2, 0.25) is 0 Å². The Labute approximate surface area is 110 Å². The number of rotatable bonds is 2. The van der Waals surface area contributed by atoms with Gasteiger partial charge in [-0.2, -0.15) is 0 Å². The Morgan fingerprint density at radius 3 is 2.56 bits per heavy atom. The molecule has 3 heteroatoms. The Bertz CT molecular complexity index is 390. The lowest BCUT2D eigenvalue weighted by molar-refractivity contribution is 0.255. The molecular formula is C15H23N3. The van der Waals surface area contributed by atoms with Crippen LogP contribution in [-0.4, -0.2) is 43.1 Å². The van der Waals surface area contributed by atoms with Gasteiger partial charge >= 0.3 is 0 Å². The van der Waals surface area contributed by atoms with E-state index in [4.69, 9.17) is 0 Å². The summed E-state index contributed by atoms with van der Waals surface area (Å²) in [5.41, 5.74) is 1.50. The molecular weight excluding hydrogens is 222 g/mol. The third kappa shape index (κ3) is 2.51. The average Bonchev–Trinajstić information content (AvgIpc) is 2.94. The predicted molar refractivity (Wildman–Crippen MR) is 75.2 cm³/mol. The van der Waals surface area contributed by atoms with Crippen LogP contribution in [0, 0.1) is 0 Å². The van der Waals surface area contributed by atoms with E-state index < -0.39 is 0 Å². The highest BCUT2D eigenvalue weighted by atomic mass is 15.2. The van der Waals surface area contributed by atoms with Crippen molar-refractivity contribution >= 4 is 5.82 Å². The normalized spacial score (nSPS) is 22.6. The van der Waals surface area contributed by atoms with Crippen LogP contribution in [0.4, 0.5) is 5.82 Å². The second-order valence-corrected chi connectivity index (χ2v) is 5.72. The van der Waals surface area contributed by atoms with Crippen LogP contribution >= 0.6 is 0 Å². The van der Waals surface area contributed by atoms with Crippen molar-refractivity contribution < 1.29 is 0 Å². The number of aromatic nitrogens is 1. The lowest BCUT2D eigenvalue weighted by Crippen LogP contribution is -2.29. The molecule has 3 heterocycles. The molecule has 0 bridgehead atoms. The van der Waals surface area contributed by atoms with E-state index >= 15 is 0 Å². The number of pyridine rings is 1. The fourth-order valence-electron chi connectivity index (χ4n) is 3.15. The molecule has 0 N–H and O–H groups in total. The first kappa shape index (κ1) is 12.0. The summed E-state index contributed by atoms with van der Waals surface area (Å²) in [6.07, 6.45) is 7.22. The number of hydrogen-bond donors (Lipinski definition) is 0. The Kier molecular flexibility index (Phi) is 3.50. The summed E-state index contributed by atoms with van der Waals surface area (Å²) in [4.78, 5) is 9.41. The van der Waals surface area contributed by atoms with Crippen molar-refractivity contribution in [2.45, 2.75) is 31.6 Å². The van der Waals surface area contributed by atoms with Crippen LogP contribution in [0.3, 0.4) is 0 Å². The van der Waals surface area contributed by atoms with Gasteiger partial charge in [0.05, 0.1) is 0 Å². The van der Waals surface area contributed by atoms with E-state index in [-0.39, 0.29) is 0 Å². The van der Waals surface area contributed by atoms with Crippen molar-refractivity contribution in [3.63, 3.8) is 0 Å². The zero-order valence-corrected chi connectivity index (χ0v) is 11.3. The molecule has 1 aromatic heterocycles. The van der Waals surface area contributed by atoms with E-state index in [0.717, 1.165) is 5.92 Å². The second-order valence-electron chi connectivity index (χ2n) is 5.72. The molecule has 0 aromatic carbocycles. The largest absolute Gasteiger partial charge is 0.357 e. The quantitative estimate of drug-likeness (QED) is 0.798. The van der Waals surface area contributed by atoms with Crippen LogP contribution < -0.4 is 4.90 Å². The molecule has 18 heavy (non-hydrogen) atoms. The summed E-state index contributed by atoms with van der Waals surface area (Å²) in [6, 6.07) is 4.55. The Hall–Kier alpha value is -1.09. The third-order valence-electron chi connectivity index (χ3n) is 4.39. The van der Waals surface area contributed by atoms with Gasteiger partial charge in [0, 0.05) is 19.3 Å². The third-order valence-corrected chi connectivity index (χ3v) is 4.39. The Morgan fingerprint density at radius 2 is 1.83 bits per heavy atom. The van der Waals surface area contributed by atoms with Crippen LogP contribution in [0.15, 0.2) is 18.3 Å². The highest BCUT2D eigenvalue weighted by Crippen LogP contribution is 2.29. The van der Waals surface area contributed by atoms with Gasteiger partial charge in [-0.3, -0.25) is 0 Å². The monoisotopic (exact) mass is 245 g/mol. The first-order chi connectivity index (χ1) is 8.83. The molecule has 2 aliphatic heterocycles. The van der Waals surface area contributed by atoms with Gasteiger partial charge in [-0.15, -0.1) is 0 Å². The standard InChI is InChI=1S/C15H23N3/c1-17-10-5-13(6-11-17)14-4-7-16-15(12-14)18-8-2-3-9-18/h4,7,12-13H,2-3,5-6,8-11H2,1H3. The minimum atomic E-state index is 0.741. The van der Waals surface area contributed by atoms with Gasteiger partial charge in [0.25, 0.3) is 0 Å². The number of hydrogen-bond acceptors (Lipinski definition) is 3. The van der Waals surface area contributed by atoms with Crippen molar-refractivity contribution in [3.8, 4) is 0 Å². The lowest BCUT2D eigenvalue weighted by Gasteiger charge is -2.29. The smallest absolute Gasteiger partial charge is 0.128 e. The van der Waals surface area contributed by atoms with E-state index in [1.54, 1.807) is 0 Å². The summed E-state index contributed by atoms with van der Waals surface area (Å²) in [7, 11) is 2.22. The summed E-state index contributed by atoms with van der Waals surface area (Å²) >= 11 is 0. The number of nitrogens with zero attached hydrogens (tertiary/aromatic N) is 3. The minimum Gasteiger partial charge on any atom is -0.357 e. The van der Waals surface area contributed by atoms with E-state index in [1.165, 1.54) is 63.2 Å². The summed E-state index contributed by atoms with van der Waals surface area (Å²) < 4.78 is 0. The van der Waals surface area contributed by atoms with Crippen LogP contribution in [-0.2, 0) is 0 Å².